The van der Waals surface area contributed by atoms with Gasteiger partial charge in [0.05, 0.1) is 14.2 Å². The lowest BCUT2D eigenvalue weighted by molar-refractivity contribution is -0.146. The van der Waals surface area contributed by atoms with E-state index >= 15 is 0 Å². The largest absolute Gasteiger partial charge is 0.494 e. The molecule has 1 aromatic carbocycles. The second-order valence-corrected chi connectivity index (χ2v) is 4.86. The Morgan fingerprint density at radius 3 is 2.50 bits per heavy atom. The van der Waals surface area contributed by atoms with Crippen molar-refractivity contribution in [3.05, 3.63) is 35.7 Å². The average molecular weight is 309 g/mol. The molecule has 0 fully saturated rings. The highest BCUT2D eigenvalue weighted by Gasteiger charge is 2.18. The molecule has 0 aliphatic heterocycles. The van der Waals surface area contributed by atoms with Gasteiger partial charge in [-0.1, -0.05) is 6.07 Å². The molecule has 1 amide bonds. The average Bonchev–Trinajstić information content (AvgIpc) is 2.49. The zero-order chi connectivity index (χ0) is 16.7. The third kappa shape index (κ3) is 4.87. The number of benzene rings is 1. The van der Waals surface area contributed by atoms with E-state index in [1.165, 1.54) is 43.4 Å². The molecule has 0 aliphatic carbocycles. The van der Waals surface area contributed by atoms with E-state index in [0.717, 1.165) is 0 Å². The fourth-order valence-corrected chi connectivity index (χ4v) is 1.77. The summed E-state index contributed by atoms with van der Waals surface area (Å²) in [5.41, 5.74) is 0.522. The Balaban J connectivity index is 2.84. The Hall–Kier alpha value is -2.37. The van der Waals surface area contributed by atoms with Gasteiger partial charge in [0, 0.05) is 12.1 Å². The lowest BCUT2D eigenvalue weighted by Crippen LogP contribution is -2.40. The first-order valence-corrected chi connectivity index (χ1v) is 6.78. The fraction of sp³-hybridized carbons (Fsp3) is 0.375. The second kappa shape index (κ2) is 8.17. The van der Waals surface area contributed by atoms with E-state index in [9.17, 15) is 14.0 Å². The van der Waals surface area contributed by atoms with Crippen LogP contribution in [0.5, 0.6) is 5.75 Å². The highest BCUT2D eigenvalue weighted by Crippen LogP contribution is 2.18. The van der Waals surface area contributed by atoms with Gasteiger partial charge in [-0.05, 0) is 37.6 Å². The van der Waals surface area contributed by atoms with E-state index in [1.54, 1.807) is 19.9 Å². The van der Waals surface area contributed by atoms with Gasteiger partial charge in [0.15, 0.2) is 11.6 Å². The minimum Gasteiger partial charge on any atom is -0.494 e. The van der Waals surface area contributed by atoms with Crippen LogP contribution in [-0.4, -0.2) is 43.6 Å². The molecule has 0 unspecified atom stereocenters. The zero-order valence-corrected chi connectivity index (χ0v) is 13.1. The standard InChI is InChI=1S/C16H20FNO4/c1-11(2)18(10-16(20)22-4)15(19)8-6-12-5-7-14(21-3)13(17)9-12/h5-9,11H,10H2,1-4H3/b8-6+. The summed E-state index contributed by atoms with van der Waals surface area (Å²) in [5, 5.41) is 0. The van der Waals surface area contributed by atoms with Gasteiger partial charge in [0.2, 0.25) is 5.91 Å². The highest BCUT2D eigenvalue weighted by atomic mass is 19.1. The summed E-state index contributed by atoms with van der Waals surface area (Å²) in [4.78, 5) is 24.8. The lowest BCUT2D eigenvalue weighted by atomic mass is 10.2. The molecule has 5 nitrogen and oxygen atoms in total. The van der Waals surface area contributed by atoms with Crippen molar-refractivity contribution in [3.63, 3.8) is 0 Å². The number of carbonyl (C=O) groups excluding carboxylic acids is 2. The number of halogens is 1. The van der Waals surface area contributed by atoms with Crippen molar-refractivity contribution in [2.24, 2.45) is 0 Å². The molecule has 0 N–H and O–H groups in total. The number of hydrogen-bond donors (Lipinski definition) is 0. The van der Waals surface area contributed by atoms with Crippen LogP contribution in [0.4, 0.5) is 4.39 Å². The summed E-state index contributed by atoms with van der Waals surface area (Å²) in [7, 11) is 2.64. The molecule has 0 saturated heterocycles. The third-order valence-corrected chi connectivity index (χ3v) is 3.03. The van der Waals surface area contributed by atoms with Crippen LogP contribution in [-0.2, 0) is 14.3 Å². The quantitative estimate of drug-likeness (QED) is 0.597. The Morgan fingerprint density at radius 2 is 2.00 bits per heavy atom. The van der Waals surface area contributed by atoms with Crippen LogP contribution < -0.4 is 4.74 Å². The van der Waals surface area contributed by atoms with Crippen molar-refractivity contribution in [1.82, 2.24) is 4.90 Å². The van der Waals surface area contributed by atoms with Crippen molar-refractivity contribution >= 4 is 18.0 Å². The molecule has 120 valence electrons. The molecule has 0 spiro atoms. The van der Waals surface area contributed by atoms with Crippen LogP contribution in [0.2, 0.25) is 0 Å². The third-order valence-electron chi connectivity index (χ3n) is 3.03. The molecule has 1 aromatic rings. The van der Waals surface area contributed by atoms with E-state index in [4.69, 9.17) is 4.74 Å². The summed E-state index contributed by atoms with van der Waals surface area (Å²) in [6.07, 6.45) is 2.78. The maximum Gasteiger partial charge on any atom is 0.325 e. The summed E-state index contributed by atoms with van der Waals surface area (Å²) >= 11 is 0. The van der Waals surface area contributed by atoms with E-state index in [-0.39, 0.29) is 24.2 Å². The molecule has 22 heavy (non-hydrogen) atoms. The lowest BCUT2D eigenvalue weighted by Gasteiger charge is -2.24. The number of rotatable bonds is 6. The van der Waals surface area contributed by atoms with Crippen molar-refractivity contribution in [2.45, 2.75) is 19.9 Å². The second-order valence-electron chi connectivity index (χ2n) is 4.86. The van der Waals surface area contributed by atoms with E-state index in [2.05, 4.69) is 4.74 Å². The molecular weight excluding hydrogens is 289 g/mol. The fourth-order valence-electron chi connectivity index (χ4n) is 1.77. The molecule has 0 bridgehead atoms. The highest BCUT2D eigenvalue weighted by molar-refractivity contribution is 5.93. The van der Waals surface area contributed by atoms with Crippen molar-refractivity contribution in [1.29, 1.82) is 0 Å². The smallest absolute Gasteiger partial charge is 0.325 e. The minimum atomic E-state index is -0.507. The van der Waals surface area contributed by atoms with Gasteiger partial charge in [-0.25, -0.2) is 4.39 Å². The maximum atomic E-state index is 13.6. The van der Waals surface area contributed by atoms with Crippen LogP contribution in [0.1, 0.15) is 19.4 Å². The summed E-state index contributed by atoms with van der Waals surface area (Å²) in [6.45, 7) is 3.46. The number of amides is 1. The van der Waals surface area contributed by atoms with Gasteiger partial charge >= 0.3 is 5.97 Å². The predicted octanol–water partition coefficient (Wildman–Crippen LogP) is 2.26. The van der Waals surface area contributed by atoms with Gasteiger partial charge in [-0.3, -0.25) is 9.59 Å². The molecular formula is C16H20FNO4. The van der Waals surface area contributed by atoms with Crippen LogP contribution in [0.25, 0.3) is 6.08 Å². The molecule has 0 radical (unpaired) electrons. The Kier molecular flexibility index (Phi) is 6.56. The number of methoxy groups -OCH3 is 2. The first kappa shape index (κ1) is 17.7. The van der Waals surface area contributed by atoms with Gasteiger partial charge < -0.3 is 14.4 Å². The van der Waals surface area contributed by atoms with Crippen molar-refractivity contribution < 1.29 is 23.5 Å². The van der Waals surface area contributed by atoms with E-state index < -0.39 is 11.8 Å². The minimum absolute atomic E-state index is 0.131. The molecule has 6 heteroatoms. The number of ether oxygens (including phenoxy) is 2. The molecule has 0 atom stereocenters. The number of hydrogen-bond acceptors (Lipinski definition) is 4. The van der Waals surface area contributed by atoms with Gasteiger partial charge in [-0.2, -0.15) is 0 Å². The Morgan fingerprint density at radius 1 is 1.32 bits per heavy atom. The zero-order valence-electron chi connectivity index (χ0n) is 13.1. The Labute approximate surface area is 129 Å². The summed E-state index contributed by atoms with van der Waals surface area (Å²) in [6, 6.07) is 4.21. The van der Waals surface area contributed by atoms with Crippen molar-refractivity contribution in [2.75, 3.05) is 20.8 Å². The maximum absolute atomic E-state index is 13.6. The molecule has 0 aliphatic rings. The normalized spacial score (nSPS) is 10.8. The summed E-state index contributed by atoms with van der Waals surface area (Å²) in [5.74, 6) is -1.21. The molecule has 1 rings (SSSR count). The molecule has 0 aromatic heterocycles. The van der Waals surface area contributed by atoms with Crippen LogP contribution in [0.15, 0.2) is 24.3 Å². The molecule has 0 saturated carbocycles. The molecule has 0 heterocycles. The first-order valence-electron chi connectivity index (χ1n) is 6.78. The summed E-state index contributed by atoms with van der Waals surface area (Å²) < 4.78 is 23.0. The predicted molar refractivity (Wildman–Crippen MR) is 80.9 cm³/mol. The number of esters is 1. The van der Waals surface area contributed by atoms with Gasteiger partial charge in [0.25, 0.3) is 0 Å². The van der Waals surface area contributed by atoms with Crippen LogP contribution >= 0.6 is 0 Å². The van der Waals surface area contributed by atoms with Gasteiger partial charge in [0.1, 0.15) is 6.54 Å². The monoisotopic (exact) mass is 309 g/mol. The SMILES string of the molecule is COC(=O)CN(C(=O)/C=C/c1ccc(OC)c(F)c1)C(C)C. The first-order chi connectivity index (χ1) is 10.4. The van der Waals surface area contributed by atoms with E-state index in [0.29, 0.717) is 5.56 Å². The van der Waals surface area contributed by atoms with Crippen molar-refractivity contribution in [3.8, 4) is 5.75 Å². The van der Waals surface area contributed by atoms with Crippen LogP contribution in [0, 0.1) is 5.82 Å². The van der Waals surface area contributed by atoms with Crippen LogP contribution in [0.3, 0.4) is 0 Å². The number of carbonyl (C=O) groups is 2. The van der Waals surface area contributed by atoms with Gasteiger partial charge in [-0.15, -0.1) is 0 Å². The number of nitrogens with zero attached hydrogens (tertiary/aromatic N) is 1. The Bertz CT molecular complexity index is 569. The topological polar surface area (TPSA) is 55.8 Å². The van der Waals surface area contributed by atoms with E-state index in [1.807, 2.05) is 0 Å².